The van der Waals surface area contributed by atoms with Crippen LogP contribution in [0.3, 0.4) is 0 Å². The van der Waals surface area contributed by atoms with E-state index < -0.39 is 47.1 Å². The Hall–Kier alpha value is -2.14. The molecule has 9 nitrogen and oxygen atoms in total. The number of fused-ring (bicyclic) bond motifs is 5. The van der Waals surface area contributed by atoms with E-state index in [0.29, 0.717) is 0 Å². The lowest BCUT2D eigenvalue weighted by Gasteiger charge is -2.28. The van der Waals surface area contributed by atoms with Gasteiger partial charge in [0, 0.05) is 27.4 Å². The first kappa shape index (κ1) is 24.0. The van der Waals surface area contributed by atoms with Gasteiger partial charge in [-0.1, -0.05) is 45.7 Å². The molecule has 0 unspecified atom stereocenters. The highest BCUT2D eigenvalue weighted by Gasteiger charge is 2.67. The van der Waals surface area contributed by atoms with Crippen LogP contribution in [0.5, 0.6) is 0 Å². The topological polar surface area (TPSA) is 124 Å². The van der Waals surface area contributed by atoms with Crippen molar-refractivity contribution in [2.45, 2.75) is 36.0 Å². The maximum absolute atomic E-state index is 13.3. The molecule has 3 aliphatic rings. The van der Waals surface area contributed by atoms with Crippen LogP contribution in [-0.4, -0.2) is 55.7 Å². The number of alkyl halides is 2. The number of hydrogen-bond acceptors (Lipinski definition) is 7. The van der Waals surface area contributed by atoms with Gasteiger partial charge in [-0.3, -0.25) is 29.4 Å². The van der Waals surface area contributed by atoms with Crippen molar-refractivity contribution in [2.24, 2.45) is 29.6 Å². The van der Waals surface area contributed by atoms with Crippen LogP contribution in [0, 0.1) is 39.7 Å². The van der Waals surface area contributed by atoms with E-state index in [-0.39, 0.29) is 44.6 Å². The van der Waals surface area contributed by atoms with Crippen LogP contribution < -0.4 is 0 Å². The standard InChI is InChI=1S/C22H22Br2N2O7/c1-9(2)19(22(30)33-8-14(27)10-3-5-11(6-4-10)26(31)32)25-20(28)15-12-7-13(16(15)21(25)29)18(24)17(12)23/h3-6,9,12-13,15-19H,7-8H2,1-2H3/t12-,13-,15-,16-,17-,18+,19-/m0/s1. The summed E-state index contributed by atoms with van der Waals surface area (Å²) in [4.78, 5) is 63.3. The average Bonchev–Trinajstić information content (AvgIpc) is 3.38. The fourth-order valence-corrected chi connectivity index (χ4v) is 7.27. The fourth-order valence-electron chi connectivity index (χ4n) is 5.40. The second-order valence-electron chi connectivity index (χ2n) is 9.07. The Balaban J connectivity index is 1.47. The van der Waals surface area contributed by atoms with Crippen molar-refractivity contribution in [2.75, 3.05) is 6.61 Å². The number of ether oxygens (including phenoxy) is 1. The van der Waals surface area contributed by atoms with Crippen LogP contribution in [0.2, 0.25) is 0 Å². The second kappa shape index (κ2) is 8.90. The third-order valence-electron chi connectivity index (χ3n) is 6.92. The number of amides is 2. The maximum Gasteiger partial charge on any atom is 0.330 e. The van der Waals surface area contributed by atoms with Gasteiger partial charge in [0.05, 0.1) is 16.8 Å². The van der Waals surface area contributed by atoms with Crippen LogP contribution in [0.4, 0.5) is 5.69 Å². The van der Waals surface area contributed by atoms with Gasteiger partial charge in [-0.05, 0) is 36.3 Å². The monoisotopic (exact) mass is 584 g/mol. The Morgan fingerprint density at radius 2 is 1.61 bits per heavy atom. The van der Waals surface area contributed by atoms with Gasteiger partial charge in [0.25, 0.3) is 5.69 Å². The van der Waals surface area contributed by atoms with Gasteiger partial charge in [0.15, 0.2) is 12.4 Å². The molecule has 0 N–H and O–H groups in total. The zero-order valence-electron chi connectivity index (χ0n) is 17.9. The molecule has 2 bridgehead atoms. The van der Waals surface area contributed by atoms with E-state index in [1.807, 2.05) is 0 Å². The van der Waals surface area contributed by atoms with E-state index in [1.165, 1.54) is 24.3 Å². The number of rotatable bonds is 7. The first-order chi connectivity index (χ1) is 15.5. The number of hydrogen-bond donors (Lipinski definition) is 0. The normalized spacial score (nSPS) is 31.1. The molecule has 0 aromatic heterocycles. The minimum Gasteiger partial charge on any atom is -0.456 e. The molecule has 176 valence electrons. The smallest absolute Gasteiger partial charge is 0.330 e. The van der Waals surface area contributed by atoms with Gasteiger partial charge in [-0.25, -0.2) is 4.79 Å². The molecule has 0 radical (unpaired) electrons. The maximum atomic E-state index is 13.3. The Morgan fingerprint density at radius 1 is 1.09 bits per heavy atom. The second-order valence-corrected chi connectivity index (χ2v) is 11.2. The SMILES string of the molecule is CC(C)[C@@H](C(=O)OCC(=O)c1ccc([N+](=O)[O-])cc1)N1C(=O)[C@H]2[C@@H]3C[C@H]([C@@H](Br)[C@H]3Br)[C@@H]2C1=O. The summed E-state index contributed by atoms with van der Waals surface area (Å²) in [5.41, 5.74) is -0.00826. The largest absolute Gasteiger partial charge is 0.456 e. The molecule has 7 atom stereocenters. The quantitative estimate of drug-likeness (QED) is 0.120. The predicted molar refractivity (Wildman–Crippen MR) is 123 cm³/mol. The Labute approximate surface area is 206 Å². The van der Waals surface area contributed by atoms with E-state index in [0.717, 1.165) is 11.3 Å². The molecule has 1 heterocycles. The van der Waals surface area contributed by atoms with Crippen LogP contribution in [0.25, 0.3) is 0 Å². The average molecular weight is 586 g/mol. The van der Waals surface area contributed by atoms with Gasteiger partial charge in [-0.15, -0.1) is 0 Å². The number of carbonyl (C=O) groups is 4. The third kappa shape index (κ3) is 3.92. The molecule has 4 rings (SSSR count). The van der Waals surface area contributed by atoms with Crippen LogP contribution in [0.1, 0.15) is 30.6 Å². The number of Topliss-reactive ketones (excluding diaryl/α,β-unsaturated/α-hetero) is 1. The molecular weight excluding hydrogens is 564 g/mol. The highest BCUT2D eigenvalue weighted by Crippen LogP contribution is 2.60. The molecular formula is C22H22Br2N2O7. The molecule has 1 saturated heterocycles. The minimum atomic E-state index is -1.12. The van der Waals surface area contributed by atoms with Gasteiger partial charge >= 0.3 is 5.97 Å². The number of esters is 1. The highest BCUT2D eigenvalue weighted by atomic mass is 79.9. The number of nitro groups is 1. The summed E-state index contributed by atoms with van der Waals surface area (Å²) in [6.07, 6.45) is 0.785. The Morgan fingerprint density at radius 3 is 2.06 bits per heavy atom. The lowest BCUT2D eigenvalue weighted by Crippen LogP contribution is -2.50. The first-order valence-corrected chi connectivity index (χ1v) is 12.5. The van der Waals surface area contributed by atoms with Gasteiger partial charge in [0.2, 0.25) is 11.8 Å². The number of imide groups is 1. The summed E-state index contributed by atoms with van der Waals surface area (Å²) >= 11 is 7.28. The molecule has 1 aliphatic heterocycles. The zero-order valence-corrected chi connectivity index (χ0v) is 21.0. The molecule has 2 amide bonds. The number of carbonyl (C=O) groups excluding carboxylic acids is 4. The van der Waals surface area contributed by atoms with Crippen molar-refractivity contribution in [3.05, 3.63) is 39.9 Å². The first-order valence-electron chi connectivity index (χ1n) is 10.6. The molecule has 2 aliphatic carbocycles. The Bertz CT molecular complexity index is 996. The molecule has 1 aromatic rings. The van der Waals surface area contributed by atoms with Gasteiger partial charge in [-0.2, -0.15) is 0 Å². The summed E-state index contributed by atoms with van der Waals surface area (Å²) in [5, 5.41) is 10.8. The van der Waals surface area contributed by atoms with Crippen LogP contribution in [0.15, 0.2) is 24.3 Å². The highest BCUT2D eigenvalue weighted by molar-refractivity contribution is 9.12. The number of nitro benzene ring substituents is 1. The van der Waals surface area contributed by atoms with Crippen molar-refractivity contribution in [3.63, 3.8) is 0 Å². The minimum absolute atomic E-state index is 0.0263. The lowest BCUT2D eigenvalue weighted by atomic mass is 9.81. The third-order valence-corrected chi connectivity index (χ3v) is 10.1. The van der Waals surface area contributed by atoms with E-state index in [9.17, 15) is 29.3 Å². The van der Waals surface area contributed by atoms with E-state index in [2.05, 4.69) is 31.9 Å². The molecule has 3 fully saturated rings. The number of halogens is 2. The summed E-state index contributed by atoms with van der Waals surface area (Å²) in [5.74, 6) is -3.31. The van der Waals surface area contributed by atoms with Crippen molar-refractivity contribution < 1.29 is 28.8 Å². The Kier molecular flexibility index (Phi) is 6.47. The van der Waals surface area contributed by atoms with Crippen molar-refractivity contribution in [1.82, 2.24) is 4.90 Å². The van der Waals surface area contributed by atoms with E-state index >= 15 is 0 Å². The predicted octanol–water partition coefficient (Wildman–Crippen LogP) is 3.12. The summed E-state index contributed by atoms with van der Waals surface area (Å²) < 4.78 is 5.22. The summed E-state index contributed by atoms with van der Waals surface area (Å²) in [6.45, 7) is 2.84. The fraction of sp³-hybridized carbons (Fsp3) is 0.545. The molecule has 2 saturated carbocycles. The number of nitrogens with zero attached hydrogens (tertiary/aromatic N) is 2. The molecule has 33 heavy (non-hydrogen) atoms. The number of benzene rings is 1. The number of non-ortho nitro benzene ring substituents is 1. The molecule has 1 aromatic carbocycles. The van der Waals surface area contributed by atoms with Gasteiger partial charge in [0.1, 0.15) is 6.04 Å². The van der Waals surface area contributed by atoms with Crippen LogP contribution >= 0.6 is 31.9 Å². The summed E-state index contributed by atoms with van der Waals surface area (Å²) in [6, 6.07) is 3.82. The van der Waals surface area contributed by atoms with E-state index in [4.69, 9.17) is 4.74 Å². The van der Waals surface area contributed by atoms with Crippen LogP contribution in [-0.2, 0) is 19.1 Å². The van der Waals surface area contributed by atoms with Crippen molar-refractivity contribution >= 4 is 61.1 Å². The number of likely N-dealkylation sites (tertiary alicyclic amines) is 1. The van der Waals surface area contributed by atoms with Crippen molar-refractivity contribution in [1.29, 1.82) is 0 Å². The number of ketones is 1. The van der Waals surface area contributed by atoms with Gasteiger partial charge < -0.3 is 4.74 Å². The molecule has 0 spiro atoms. The zero-order chi connectivity index (χ0) is 24.2. The lowest BCUT2D eigenvalue weighted by molar-refractivity contribution is -0.384. The summed E-state index contributed by atoms with van der Waals surface area (Å²) in [7, 11) is 0. The molecule has 11 heteroatoms. The van der Waals surface area contributed by atoms with E-state index in [1.54, 1.807) is 13.8 Å². The van der Waals surface area contributed by atoms with Crippen molar-refractivity contribution in [3.8, 4) is 0 Å².